The highest BCUT2D eigenvalue weighted by molar-refractivity contribution is 5.87. The molecule has 0 saturated heterocycles. The van der Waals surface area contributed by atoms with Crippen LogP contribution < -0.4 is 15.4 Å². The summed E-state index contributed by atoms with van der Waals surface area (Å²) in [6, 6.07) is 7.80. The Morgan fingerprint density at radius 2 is 2.15 bits per heavy atom. The van der Waals surface area contributed by atoms with Gasteiger partial charge in [0.05, 0.1) is 6.54 Å². The van der Waals surface area contributed by atoms with E-state index in [-0.39, 0.29) is 18.4 Å². The van der Waals surface area contributed by atoms with Crippen LogP contribution in [0.25, 0.3) is 0 Å². The van der Waals surface area contributed by atoms with Crippen molar-refractivity contribution in [3.63, 3.8) is 0 Å². The predicted octanol–water partition coefficient (Wildman–Crippen LogP) is 1.16. The van der Waals surface area contributed by atoms with E-state index in [0.717, 1.165) is 18.4 Å². The van der Waals surface area contributed by atoms with Crippen molar-refractivity contribution in [1.82, 2.24) is 10.6 Å². The van der Waals surface area contributed by atoms with Crippen LogP contribution in [-0.4, -0.2) is 30.5 Å². The molecule has 1 saturated carbocycles. The van der Waals surface area contributed by atoms with Gasteiger partial charge in [-0.15, -0.1) is 0 Å². The third-order valence-electron chi connectivity index (χ3n) is 3.04. The number of nitrogens with one attached hydrogen (secondary N) is 2. The molecule has 2 rings (SSSR count). The summed E-state index contributed by atoms with van der Waals surface area (Å²) in [5.41, 5.74) is 1.07. The van der Waals surface area contributed by atoms with Crippen LogP contribution in [0.2, 0.25) is 0 Å². The van der Waals surface area contributed by atoms with Gasteiger partial charge in [0.15, 0.2) is 6.10 Å². The highest BCUT2D eigenvalue weighted by Gasteiger charge is 2.23. The van der Waals surface area contributed by atoms with Crippen molar-refractivity contribution < 1.29 is 14.3 Å². The highest BCUT2D eigenvalue weighted by Crippen LogP contribution is 2.18. The Morgan fingerprint density at radius 3 is 2.80 bits per heavy atom. The number of carbonyl (C=O) groups excluding carboxylic acids is 2. The van der Waals surface area contributed by atoms with Crippen LogP contribution in [0, 0.1) is 6.92 Å². The molecule has 1 aromatic carbocycles. The van der Waals surface area contributed by atoms with Gasteiger partial charge < -0.3 is 15.4 Å². The zero-order chi connectivity index (χ0) is 14.5. The fourth-order valence-corrected chi connectivity index (χ4v) is 1.76. The monoisotopic (exact) mass is 276 g/mol. The van der Waals surface area contributed by atoms with Crippen molar-refractivity contribution in [3.8, 4) is 5.75 Å². The van der Waals surface area contributed by atoms with E-state index in [2.05, 4.69) is 10.6 Å². The van der Waals surface area contributed by atoms with Gasteiger partial charge in [-0.25, -0.2) is 0 Å². The molecule has 0 spiro atoms. The van der Waals surface area contributed by atoms with Crippen LogP contribution >= 0.6 is 0 Å². The molecule has 5 heteroatoms. The maximum absolute atomic E-state index is 11.8. The SMILES string of the molecule is Cc1cccc(OC(C)C(=O)NCC(=O)NC2CC2)c1. The number of hydrogen-bond donors (Lipinski definition) is 2. The van der Waals surface area contributed by atoms with Crippen LogP contribution in [0.4, 0.5) is 0 Å². The van der Waals surface area contributed by atoms with E-state index in [4.69, 9.17) is 4.74 Å². The predicted molar refractivity (Wildman–Crippen MR) is 75.4 cm³/mol. The fraction of sp³-hybridized carbons (Fsp3) is 0.467. The average Bonchev–Trinajstić information content (AvgIpc) is 3.19. The minimum Gasteiger partial charge on any atom is -0.481 e. The molecule has 1 atom stereocenters. The van der Waals surface area contributed by atoms with Gasteiger partial charge in [0.25, 0.3) is 5.91 Å². The second kappa shape index (κ2) is 6.41. The molecule has 1 aromatic rings. The standard InChI is InChI=1S/C15H20N2O3/c1-10-4-3-5-13(8-10)20-11(2)15(19)16-9-14(18)17-12-6-7-12/h3-5,8,11-12H,6-7,9H2,1-2H3,(H,16,19)(H,17,18). The van der Waals surface area contributed by atoms with Crippen LogP contribution in [0.5, 0.6) is 5.75 Å². The van der Waals surface area contributed by atoms with Gasteiger partial charge in [0.1, 0.15) is 5.75 Å². The number of benzene rings is 1. The molecule has 1 fully saturated rings. The molecule has 0 heterocycles. The maximum Gasteiger partial charge on any atom is 0.261 e. The Morgan fingerprint density at radius 1 is 1.40 bits per heavy atom. The molecule has 2 N–H and O–H groups in total. The van der Waals surface area contributed by atoms with Gasteiger partial charge in [-0.1, -0.05) is 12.1 Å². The number of ether oxygens (including phenoxy) is 1. The Kier molecular flexibility index (Phi) is 4.61. The summed E-state index contributed by atoms with van der Waals surface area (Å²) >= 11 is 0. The van der Waals surface area contributed by atoms with E-state index < -0.39 is 6.10 Å². The van der Waals surface area contributed by atoms with E-state index in [1.165, 1.54) is 0 Å². The minimum atomic E-state index is -0.634. The smallest absolute Gasteiger partial charge is 0.261 e. The normalized spacial score (nSPS) is 15.3. The van der Waals surface area contributed by atoms with E-state index in [0.29, 0.717) is 11.8 Å². The van der Waals surface area contributed by atoms with Crippen molar-refractivity contribution in [3.05, 3.63) is 29.8 Å². The first-order valence-electron chi connectivity index (χ1n) is 6.85. The minimum absolute atomic E-state index is 0.00312. The number of hydrogen-bond acceptors (Lipinski definition) is 3. The Hall–Kier alpha value is -2.04. The molecule has 0 aromatic heterocycles. The van der Waals surface area contributed by atoms with E-state index >= 15 is 0 Å². The van der Waals surface area contributed by atoms with Gasteiger partial charge in [-0.3, -0.25) is 9.59 Å². The second-order valence-electron chi connectivity index (χ2n) is 5.14. The number of carbonyl (C=O) groups is 2. The first kappa shape index (κ1) is 14.4. The van der Waals surface area contributed by atoms with E-state index in [1.54, 1.807) is 13.0 Å². The summed E-state index contributed by atoms with van der Waals surface area (Å²) in [7, 11) is 0. The molecule has 0 aliphatic heterocycles. The van der Waals surface area contributed by atoms with Gasteiger partial charge in [0.2, 0.25) is 5.91 Å². The lowest BCUT2D eigenvalue weighted by Gasteiger charge is -2.15. The number of rotatable bonds is 6. The third kappa shape index (κ3) is 4.57. The molecular weight excluding hydrogens is 256 g/mol. The van der Waals surface area contributed by atoms with Crippen LogP contribution in [0.15, 0.2) is 24.3 Å². The summed E-state index contributed by atoms with van der Waals surface area (Å²) < 4.78 is 5.54. The van der Waals surface area contributed by atoms with Gasteiger partial charge in [-0.2, -0.15) is 0 Å². The van der Waals surface area contributed by atoms with E-state index in [1.807, 2.05) is 25.1 Å². The van der Waals surface area contributed by atoms with Crippen LogP contribution in [0.1, 0.15) is 25.3 Å². The molecule has 108 valence electrons. The number of amides is 2. The molecule has 1 aliphatic carbocycles. The highest BCUT2D eigenvalue weighted by atomic mass is 16.5. The topological polar surface area (TPSA) is 67.4 Å². The van der Waals surface area contributed by atoms with E-state index in [9.17, 15) is 9.59 Å². The summed E-state index contributed by atoms with van der Waals surface area (Å²) in [4.78, 5) is 23.3. The Balaban J connectivity index is 1.74. The van der Waals surface area contributed by atoms with Crippen molar-refractivity contribution in [2.45, 2.75) is 38.8 Å². The van der Waals surface area contributed by atoms with Gasteiger partial charge in [0, 0.05) is 6.04 Å². The van der Waals surface area contributed by atoms with Crippen molar-refractivity contribution in [1.29, 1.82) is 0 Å². The second-order valence-corrected chi connectivity index (χ2v) is 5.14. The molecule has 1 unspecified atom stereocenters. The summed E-state index contributed by atoms with van der Waals surface area (Å²) in [5, 5.41) is 5.39. The Bertz CT molecular complexity index is 498. The van der Waals surface area contributed by atoms with Crippen molar-refractivity contribution in [2.24, 2.45) is 0 Å². The molecule has 20 heavy (non-hydrogen) atoms. The zero-order valence-electron chi connectivity index (χ0n) is 11.8. The lowest BCUT2D eigenvalue weighted by molar-refractivity contribution is -0.130. The molecule has 0 bridgehead atoms. The van der Waals surface area contributed by atoms with Crippen LogP contribution in [-0.2, 0) is 9.59 Å². The summed E-state index contributed by atoms with van der Waals surface area (Å²) in [6.07, 6.45) is 1.43. The van der Waals surface area contributed by atoms with Crippen LogP contribution in [0.3, 0.4) is 0 Å². The van der Waals surface area contributed by atoms with Gasteiger partial charge >= 0.3 is 0 Å². The molecule has 0 radical (unpaired) electrons. The first-order chi connectivity index (χ1) is 9.54. The Labute approximate surface area is 118 Å². The fourth-order valence-electron chi connectivity index (χ4n) is 1.76. The lowest BCUT2D eigenvalue weighted by Crippen LogP contribution is -2.42. The van der Waals surface area contributed by atoms with Crippen molar-refractivity contribution in [2.75, 3.05) is 6.54 Å². The number of aryl methyl sites for hydroxylation is 1. The molecule has 1 aliphatic rings. The third-order valence-corrected chi connectivity index (χ3v) is 3.04. The summed E-state index contributed by atoms with van der Waals surface area (Å²) in [6.45, 7) is 3.62. The largest absolute Gasteiger partial charge is 0.481 e. The molecule has 2 amide bonds. The summed E-state index contributed by atoms with van der Waals surface area (Å²) in [5.74, 6) is 0.205. The molecule has 5 nitrogen and oxygen atoms in total. The quantitative estimate of drug-likeness (QED) is 0.819. The maximum atomic E-state index is 11.8. The molecular formula is C15H20N2O3. The van der Waals surface area contributed by atoms with Crippen molar-refractivity contribution >= 4 is 11.8 Å². The first-order valence-corrected chi connectivity index (χ1v) is 6.85. The zero-order valence-corrected chi connectivity index (χ0v) is 11.8. The lowest BCUT2D eigenvalue weighted by atomic mass is 10.2. The van der Waals surface area contributed by atoms with Gasteiger partial charge in [-0.05, 0) is 44.4 Å². The average molecular weight is 276 g/mol.